The summed E-state index contributed by atoms with van der Waals surface area (Å²) in [5.41, 5.74) is 0.577. The van der Waals surface area contributed by atoms with Crippen LogP contribution in [0.15, 0.2) is 42.5 Å². The highest BCUT2D eigenvalue weighted by Crippen LogP contribution is 2.27. The number of halogens is 3. The SMILES string of the molecule is CCCNC(=O)[C@H](CC)N(Cc1c(Cl)cccc1Cl)C(=O)COc1ccccc1Cl. The zero-order chi connectivity index (χ0) is 22.1. The van der Waals surface area contributed by atoms with Gasteiger partial charge in [-0.05, 0) is 37.1 Å². The summed E-state index contributed by atoms with van der Waals surface area (Å²) in [5, 5.41) is 4.11. The van der Waals surface area contributed by atoms with Gasteiger partial charge < -0.3 is 15.0 Å². The number of hydrogen-bond donors (Lipinski definition) is 1. The second-order valence-corrected chi connectivity index (χ2v) is 7.88. The summed E-state index contributed by atoms with van der Waals surface area (Å²) in [6.07, 6.45) is 1.22. The molecule has 2 rings (SSSR count). The summed E-state index contributed by atoms with van der Waals surface area (Å²) >= 11 is 18.7. The highest BCUT2D eigenvalue weighted by Gasteiger charge is 2.30. The van der Waals surface area contributed by atoms with Crippen molar-refractivity contribution in [1.82, 2.24) is 10.2 Å². The summed E-state index contributed by atoms with van der Waals surface area (Å²) in [5.74, 6) is -0.204. The maximum absolute atomic E-state index is 13.1. The second kappa shape index (κ2) is 12.0. The number of carbonyl (C=O) groups is 2. The lowest BCUT2D eigenvalue weighted by molar-refractivity contribution is -0.143. The molecule has 30 heavy (non-hydrogen) atoms. The topological polar surface area (TPSA) is 58.6 Å². The van der Waals surface area contributed by atoms with Crippen LogP contribution in [0.1, 0.15) is 32.3 Å². The minimum atomic E-state index is -0.689. The Balaban J connectivity index is 2.27. The molecular formula is C22H25Cl3N2O3. The van der Waals surface area contributed by atoms with E-state index in [9.17, 15) is 9.59 Å². The largest absolute Gasteiger partial charge is 0.482 e. The third-order valence-electron chi connectivity index (χ3n) is 4.51. The summed E-state index contributed by atoms with van der Waals surface area (Å²) in [7, 11) is 0. The van der Waals surface area contributed by atoms with E-state index in [0.29, 0.717) is 39.3 Å². The number of carbonyl (C=O) groups excluding carboxylic acids is 2. The van der Waals surface area contributed by atoms with Gasteiger partial charge in [0.25, 0.3) is 5.91 Å². The fourth-order valence-corrected chi connectivity index (χ4v) is 3.63. The Labute approximate surface area is 192 Å². The van der Waals surface area contributed by atoms with Crippen molar-refractivity contribution in [3.63, 3.8) is 0 Å². The number of nitrogens with one attached hydrogen (secondary N) is 1. The molecule has 1 N–H and O–H groups in total. The molecule has 8 heteroatoms. The molecule has 0 saturated carbocycles. The third kappa shape index (κ3) is 6.53. The number of para-hydroxylation sites is 1. The summed E-state index contributed by atoms with van der Waals surface area (Å²) < 4.78 is 5.61. The van der Waals surface area contributed by atoms with Gasteiger partial charge in [0.15, 0.2) is 6.61 Å². The van der Waals surface area contributed by atoms with Crippen molar-refractivity contribution in [2.75, 3.05) is 13.2 Å². The number of amides is 2. The van der Waals surface area contributed by atoms with Gasteiger partial charge in [0.1, 0.15) is 11.8 Å². The first-order valence-electron chi connectivity index (χ1n) is 9.76. The lowest BCUT2D eigenvalue weighted by Gasteiger charge is -2.31. The zero-order valence-electron chi connectivity index (χ0n) is 17.0. The average Bonchev–Trinajstić information content (AvgIpc) is 2.73. The van der Waals surface area contributed by atoms with E-state index >= 15 is 0 Å². The first-order chi connectivity index (χ1) is 14.4. The molecule has 2 aromatic rings. The molecule has 162 valence electrons. The minimum absolute atomic E-state index is 0.0846. The quantitative estimate of drug-likeness (QED) is 0.507. The van der Waals surface area contributed by atoms with E-state index in [4.69, 9.17) is 39.5 Å². The molecule has 0 heterocycles. The van der Waals surface area contributed by atoms with Gasteiger partial charge in [-0.1, -0.05) is 66.8 Å². The van der Waals surface area contributed by atoms with Gasteiger partial charge in [-0.2, -0.15) is 0 Å². The molecule has 0 aliphatic carbocycles. The van der Waals surface area contributed by atoms with Gasteiger partial charge in [-0.25, -0.2) is 0 Å². The molecule has 0 aliphatic rings. The molecule has 2 aromatic carbocycles. The second-order valence-electron chi connectivity index (χ2n) is 6.66. The number of rotatable bonds is 10. The van der Waals surface area contributed by atoms with E-state index in [-0.39, 0.29) is 25.0 Å². The first-order valence-corrected chi connectivity index (χ1v) is 10.9. The number of nitrogens with zero attached hydrogens (tertiary/aromatic N) is 1. The van der Waals surface area contributed by atoms with Crippen LogP contribution in [0, 0.1) is 0 Å². The summed E-state index contributed by atoms with van der Waals surface area (Å²) in [6, 6.07) is 11.3. The molecule has 5 nitrogen and oxygen atoms in total. The molecule has 0 aromatic heterocycles. The van der Waals surface area contributed by atoms with Gasteiger partial charge in [0.2, 0.25) is 5.91 Å². The maximum atomic E-state index is 13.1. The number of hydrogen-bond acceptors (Lipinski definition) is 3. The third-order valence-corrected chi connectivity index (χ3v) is 5.53. The van der Waals surface area contributed by atoms with Crippen LogP contribution < -0.4 is 10.1 Å². The number of ether oxygens (including phenoxy) is 1. The standard InChI is InChI=1S/C22H25Cl3N2O3/c1-3-12-26-22(29)19(4-2)27(13-15-16(23)9-7-10-17(15)24)21(28)14-30-20-11-6-5-8-18(20)25/h5-11,19H,3-4,12-14H2,1-2H3,(H,26,29)/t19-/m0/s1. The van der Waals surface area contributed by atoms with Gasteiger partial charge in [-0.15, -0.1) is 0 Å². The summed E-state index contributed by atoms with van der Waals surface area (Å²) in [6.45, 7) is 4.15. The molecule has 0 aliphatic heterocycles. The molecule has 0 spiro atoms. The molecule has 2 amide bonds. The van der Waals surface area contributed by atoms with Crippen molar-refractivity contribution in [2.45, 2.75) is 39.3 Å². The van der Waals surface area contributed by atoms with Gasteiger partial charge in [0, 0.05) is 28.7 Å². The summed E-state index contributed by atoms with van der Waals surface area (Å²) in [4.78, 5) is 27.3. The van der Waals surface area contributed by atoms with E-state index in [0.717, 1.165) is 6.42 Å². The van der Waals surface area contributed by atoms with Gasteiger partial charge in [0.05, 0.1) is 5.02 Å². The fraction of sp³-hybridized carbons (Fsp3) is 0.364. The maximum Gasteiger partial charge on any atom is 0.261 e. The van der Waals surface area contributed by atoms with Crippen LogP contribution in [-0.2, 0) is 16.1 Å². The van der Waals surface area contributed by atoms with Gasteiger partial charge >= 0.3 is 0 Å². The first kappa shape index (κ1) is 24.3. The van der Waals surface area contributed by atoms with E-state index in [1.165, 1.54) is 4.90 Å². The Bertz CT molecular complexity index is 856. The van der Waals surface area contributed by atoms with E-state index in [1.54, 1.807) is 42.5 Å². The van der Waals surface area contributed by atoms with Crippen LogP contribution in [-0.4, -0.2) is 35.9 Å². The highest BCUT2D eigenvalue weighted by molar-refractivity contribution is 6.36. The Kier molecular flexibility index (Phi) is 9.76. The predicted molar refractivity (Wildman–Crippen MR) is 121 cm³/mol. The van der Waals surface area contributed by atoms with E-state index in [1.807, 2.05) is 13.8 Å². The van der Waals surface area contributed by atoms with Gasteiger partial charge in [-0.3, -0.25) is 9.59 Å². The smallest absolute Gasteiger partial charge is 0.261 e. The highest BCUT2D eigenvalue weighted by atomic mass is 35.5. The Morgan fingerprint density at radius 3 is 2.23 bits per heavy atom. The predicted octanol–water partition coefficient (Wildman–Crippen LogP) is 5.36. The van der Waals surface area contributed by atoms with Crippen LogP contribution in [0.3, 0.4) is 0 Å². The van der Waals surface area contributed by atoms with Crippen molar-refractivity contribution in [1.29, 1.82) is 0 Å². The van der Waals surface area contributed by atoms with E-state index < -0.39 is 6.04 Å². The van der Waals surface area contributed by atoms with Crippen molar-refractivity contribution in [3.8, 4) is 5.75 Å². The molecule has 0 fully saturated rings. The molecule has 0 radical (unpaired) electrons. The molecule has 0 saturated heterocycles. The molecular weight excluding hydrogens is 447 g/mol. The number of benzene rings is 2. The van der Waals surface area contributed by atoms with Crippen molar-refractivity contribution >= 4 is 46.6 Å². The Morgan fingerprint density at radius 1 is 1.00 bits per heavy atom. The molecule has 1 atom stereocenters. The van der Waals surface area contributed by atoms with Crippen molar-refractivity contribution in [2.24, 2.45) is 0 Å². The van der Waals surface area contributed by atoms with Crippen LogP contribution in [0.4, 0.5) is 0 Å². The molecule has 0 bridgehead atoms. The minimum Gasteiger partial charge on any atom is -0.482 e. The lowest BCUT2D eigenvalue weighted by atomic mass is 10.1. The lowest BCUT2D eigenvalue weighted by Crippen LogP contribution is -2.50. The van der Waals surface area contributed by atoms with Crippen molar-refractivity contribution in [3.05, 3.63) is 63.1 Å². The van der Waals surface area contributed by atoms with Crippen LogP contribution in [0.25, 0.3) is 0 Å². The van der Waals surface area contributed by atoms with Crippen LogP contribution >= 0.6 is 34.8 Å². The van der Waals surface area contributed by atoms with E-state index in [2.05, 4.69) is 5.32 Å². The Morgan fingerprint density at radius 2 is 1.63 bits per heavy atom. The zero-order valence-corrected chi connectivity index (χ0v) is 19.2. The van der Waals surface area contributed by atoms with Crippen molar-refractivity contribution < 1.29 is 14.3 Å². The Hall–Kier alpha value is -1.95. The van der Waals surface area contributed by atoms with Crippen LogP contribution in [0.5, 0.6) is 5.75 Å². The molecule has 0 unspecified atom stereocenters. The fourth-order valence-electron chi connectivity index (χ4n) is 2.92. The monoisotopic (exact) mass is 470 g/mol. The normalized spacial score (nSPS) is 11.6. The average molecular weight is 472 g/mol. The van der Waals surface area contributed by atoms with Crippen LogP contribution in [0.2, 0.25) is 15.1 Å².